The summed E-state index contributed by atoms with van der Waals surface area (Å²) in [5.74, 6) is 1.11. The number of aliphatic hydroxyl groups excluding tert-OH is 1. The minimum atomic E-state index is -0.109. The van der Waals surface area contributed by atoms with Crippen LogP contribution in [0.15, 0.2) is 23.9 Å². The van der Waals surface area contributed by atoms with Crippen molar-refractivity contribution in [2.45, 2.75) is 25.4 Å². The Kier molecular flexibility index (Phi) is 1.93. The van der Waals surface area contributed by atoms with E-state index in [-0.39, 0.29) is 6.10 Å². The van der Waals surface area contributed by atoms with E-state index in [4.69, 9.17) is 5.73 Å². The van der Waals surface area contributed by atoms with Crippen molar-refractivity contribution in [3.8, 4) is 0 Å². The van der Waals surface area contributed by atoms with Crippen molar-refractivity contribution in [1.82, 2.24) is 0 Å². The molecule has 2 nitrogen and oxygen atoms in total. The van der Waals surface area contributed by atoms with Crippen LogP contribution in [0.1, 0.15) is 19.3 Å². The highest BCUT2D eigenvalue weighted by Gasteiger charge is 2.27. The number of fused-ring (bicyclic) bond motifs is 1. The maximum atomic E-state index is 9.44. The predicted molar refractivity (Wildman–Crippen MR) is 48.2 cm³/mol. The molecule has 0 bridgehead atoms. The van der Waals surface area contributed by atoms with Crippen LogP contribution in [0.25, 0.3) is 0 Å². The Bertz CT molecular complexity index is 232. The zero-order chi connectivity index (χ0) is 8.55. The fourth-order valence-corrected chi connectivity index (χ4v) is 2.17. The summed E-state index contributed by atoms with van der Waals surface area (Å²) in [5, 5.41) is 9.44. The maximum Gasteiger partial charge on any atom is 0.0546 e. The Balaban J connectivity index is 2.11. The number of rotatable bonds is 0. The van der Waals surface area contributed by atoms with Gasteiger partial charge in [-0.25, -0.2) is 0 Å². The highest BCUT2D eigenvalue weighted by atomic mass is 16.3. The van der Waals surface area contributed by atoms with Crippen LogP contribution in [-0.2, 0) is 0 Å². The first-order chi connectivity index (χ1) is 5.75. The van der Waals surface area contributed by atoms with E-state index < -0.39 is 0 Å². The molecule has 2 heteroatoms. The zero-order valence-corrected chi connectivity index (χ0v) is 7.11. The summed E-state index contributed by atoms with van der Waals surface area (Å²) in [6, 6.07) is 0. The first kappa shape index (κ1) is 7.87. The first-order valence-corrected chi connectivity index (χ1v) is 4.59. The van der Waals surface area contributed by atoms with Gasteiger partial charge in [-0.3, -0.25) is 0 Å². The van der Waals surface area contributed by atoms with Gasteiger partial charge in [0.05, 0.1) is 6.10 Å². The number of allylic oxidation sites excluding steroid dienone is 3. The molecule has 1 saturated carbocycles. The minimum absolute atomic E-state index is 0.109. The third-order valence-electron chi connectivity index (χ3n) is 2.87. The van der Waals surface area contributed by atoms with Gasteiger partial charge in [0, 0.05) is 5.70 Å². The molecule has 0 amide bonds. The van der Waals surface area contributed by atoms with Crippen molar-refractivity contribution in [1.29, 1.82) is 0 Å². The Morgan fingerprint density at radius 1 is 1.33 bits per heavy atom. The van der Waals surface area contributed by atoms with Crippen molar-refractivity contribution in [2.24, 2.45) is 17.6 Å². The van der Waals surface area contributed by atoms with Crippen molar-refractivity contribution in [3.05, 3.63) is 23.9 Å². The number of hydrogen-bond acceptors (Lipinski definition) is 2. The molecular formula is C10H15NO. The average molecular weight is 165 g/mol. The molecule has 0 saturated heterocycles. The van der Waals surface area contributed by atoms with Crippen molar-refractivity contribution < 1.29 is 5.11 Å². The molecule has 3 atom stereocenters. The quantitative estimate of drug-likeness (QED) is 0.566. The average Bonchev–Trinajstić information content (AvgIpc) is 2.03. The van der Waals surface area contributed by atoms with Crippen molar-refractivity contribution in [2.75, 3.05) is 0 Å². The van der Waals surface area contributed by atoms with Crippen LogP contribution in [0, 0.1) is 11.8 Å². The molecule has 66 valence electrons. The number of nitrogens with two attached hydrogens (primary N) is 1. The van der Waals surface area contributed by atoms with Gasteiger partial charge in [0.2, 0.25) is 0 Å². The van der Waals surface area contributed by atoms with Gasteiger partial charge >= 0.3 is 0 Å². The molecule has 1 fully saturated rings. The van der Waals surface area contributed by atoms with Gasteiger partial charge in [0.1, 0.15) is 0 Å². The highest BCUT2D eigenvalue weighted by Crippen LogP contribution is 2.34. The lowest BCUT2D eigenvalue weighted by molar-refractivity contribution is 0.0956. The highest BCUT2D eigenvalue weighted by molar-refractivity contribution is 5.23. The molecule has 0 aromatic rings. The third kappa shape index (κ3) is 1.39. The van der Waals surface area contributed by atoms with E-state index in [1.165, 1.54) is 0 Å². The molecule has 0 heterocycles. The second kappa shape index (κ2) is 2.94. The molecular weight excluding hydrogens is 150 g/mol. The Morgan fingerprint density at radius 2 is 2.17 bits per heavy atom. The summed E-state index contributed by atoms with van der Waals surface area (Å²) in [7, 11) is 0. The Labute approximate surface area is 72.8 Å². The standard InChI is InChI=1S/C10H15NO/c11-9-3-1-7-2-4-10(12)6-8(7)5-9/h1,3,5,7-8,10,12H,2,4,6,11H2. The zero-order valence-electron chi connectivity index (χ0n) is 7.11. The summed E-state index contributed by atoms with van der Waals surface area (Å²) < 4.78 is 0. The van der Waals surface area contributed by atoms with Crippen LogP contribution in [-0.4, -0.2) is 11.2 Å². The van der Waals surface area contributed by atoms with Crippen LogP contribution >= 0.6 is 0 Å². The molecule has 2 aliphatic rings. The number of hydrogen-bond donors (Lipinski definition) is 2. The fourth-order valence-electron chi connectivity index (χ4n) is 2.17. The van der Waals surface area contributed by atoms with Crippen LogP contribution in [0.3, 0.4) is 0 Å². The van der Waals surface area contributed by atoms with E-state index in [2.05, 4.69) is 12.2 Å². The summed E-state index contributed by atoms with van der Waals surface area (Å²) in [5.41, 5.74) is 6.53. The Hall–Kier alpha value is -0.760. The molecule has 2 rings (SSSR count). The molecule has 3 unspecified atom stereocenters. The van der Waals surface area contributed by atoms with Crippen LogP contribution in [0.2, 0.25) is 0 Å². The van der Waals surface area contributed by atoms with Crippen LogP contribution in [0.4, 0.5) is 0 Å². The topological polar surface area (TPSA) is 46.2 Å². The lowest BCUT2D eigenvalue weighted by Crippen LogP contribution is -2.27. The predicted octanol–water partition coefficient (Wildman–Crippen LogP) is 1.18. The molecule has 0 spiro atoms. The summed E-state index contributed by atoms with van der Waals surface area (Å²) >= 11 is 0. The summed E-state index contributed by atoms with van der Waals surface area (Å²) in [6.07, 6.45) is 9.08. The maximum absolute atomic E-state index is 9.44. The molecule has 12 heavy (non-hydrogen) atoms. The number of aliphatic hydroxyl groups is 1. The summed E-state index contributed by atoms with van der Waals surface area (Å²) in [4.78, 5) is 0. The monoisotopic (exact) mass is 165 g/mol. The van der Waals surface area contributed by atoms with Crippen LogP contribution < -0.4 is 5.73 Å². The lowest BCUT2D eigenvalue weighted by atomic mass is 9.75. The Morgan fingerprint density at radius 3 is 3.00 bits per heavy atom. The third-order valence-corrected chi connectivity index (χ3v) is 2.87. The van der Waals surface area contributed by atoms with Gasteiger partial charge in [-0.2, -0.15) is 0 Å². The second-order valence-electron chi connectivity index (χ2n) is 3.82. The SMILES string of the molecule is NC1=CC2CC(O)CCC2C=C1. The lowest BCUT2D eigenvalue weighted by Gasteiger charge is -2.32. The van der Waals surface area contributed by atoms with E-state index in [9.17, 15) is 5.11 Å². The van der Waals surface area contributed by atoms with E-state index in [1.807, 2.05) is 6.08 Å². The van der Waals surface area contributed by atoms with Crippen LogP contribution in [0.5, 0.6) is 0 Å². The van der Waals surface area contributed by atoms with Gasteiger partial charge in [-0.1, -0.05) is 12.2 Å². The molecule has 3 N–H and O–H groups in total. The van der Waals surface area contributed by atoms with Gasteiger partial charge in [0.25, 0.3) is 0 Å². The van der Waals surface area contributed by atoms with E-state index in [0.29, 0.717) is 11.8 Å². The van der Waals surface area contributed by atoms with Gasteiger partial charge in [-0.15, -0.1) is 0 Å². The van der Waals surface area contributed by atoms with E-state index in [1.54, 1.807) is 0 Å². The normalized spacial score (nSPS) is 40.4. The van der Waals surface area contributed by atoms with Crippen molar-refractivity contribution >= 4 is 0 Å². The van der Waals surface area contributed by atoms with Gasteiger partial charge in [-0.05, 0) is 37.2 Å². The van der Waals surface area contributed by atoms with Gasteiger partial charge in [0.15, 0.2) is 0 Å². The second-order valence-corrected chi connectivity index (χ2v) is 3.82. The first-order valence-electron chi connectivity index (χ1n) is 4.59. The minimum Gasteiger partial charge on any atom is -0.399 e. The van der Waals surface area contributed by atoms with Crippen molar-refractivity contribution in [3.63, 3.8) is 0 Å². The molecule has 2 aliphatic carbocycles. The van der Waals surface area contributed by atoms with Gasteiger partial charge < -0.3 is 10.8 Å². The molecule has 0 aromatic heterocycles. The molecule has 0 aliphatic heterocycles. The smallest absolute Gasteiger partial charge is 0.0546 e. The molecule has 0 radical (unpaired) electrons. The van der Waals surface area contributed by atoms with E-state index >= 15 is 0 Å². The largest absolute Gasteiger partial charge is 0.399 e. The molecule has 0 aromatic carbocycles. The fraction of sp³-hybridized carbons (Fsp3) is 0.600. The summed E-state index contributed by atoms with van der Waals surface area (Å²) in [6.45, 7) is 0. The van der Waals surface area contributed by atoms with E-state index in [0.717, 1.165) is 25.0 Å².